The lowest BCUT2D eigenvalue weighted by Gasteiger charge is -2.16. The fraction of sp³-hybridized carbons (Fsp3) is 0.579. The van der Waals surface area contributed by atoms with Gasteiger partial charge in [0, 0.05) is 38.8 Å². The maximum atomic E-state index is 12.2. The van der Waals surface area contributed by atoms with Crippen LogP contribution in [-0.4, -0.2) is 52.7 Å². The smallest absolute Gasteiger partial charge is 0.315 e. The topological polar surface area (TPSA) is 62.2 Å². The van der Waals surface area contributed by atoms with Crippen LogP contribution in [0.4, 0.5) is 4.79 Å². The van der Waals surface area contributed by atoms with Crippen molar-refractivity contribution >= 4 is 17.1 Å². The molecular formula is C19H27N5O. The van der Waals surface area contributed by atoms with Crippen LogP contribution in [0.1, 0.15) is 25.1 Å². The predicted molar refractivity (Wildman–Crippen MR) is 98.6 cm³/mol. The number of carbonyl (C=O) groups excluding carboxylic acids is 1. The van der Waals surface area contributed by atoms with E-state index in [0.717, 1.165) is 48.8 Å². The zero-order valence-electron chi connectivity index (χ0n) is 14.9. The Morgan fingerprint density at radius 2 is 2.12 bits per heavy atom. The van der Waals surface area contributed by atoms with Crippen LogP contribution in [0.15, 0.2) is 24.3 Å². The molecule has 1 unspecified atom stereocenters. The predicted octanol–water partition coefficient (Wildman–Crippen LogP) is 2.13. The van der Waals surface area contributed by atoms with Crippen LogP contribution in [0.3, 0.4) is 0 Å². The third-order valence-corrected chi connectivity index (χ3v) is 5.29. The summed E-state index contributed by atoms with van der Waals surface area (Å²) < 4.78 is 2.16. The van der Waals surface area contributed by atoms with E-state index in [4.69, 9.17) is 0 Å². The van der Waals surface area contributed by atoms with Gasteiger partial charge < -0.3 is 20.1 Å². The van der Waals surface area contributed by atoms with Gasteiger partial charge in [0.2, 0.25) is 0 Å². The van der Waals surface area contributed by atoms with Crippen LogP contribution < -0.4 is 10.6 Å². The summed E-state index contributed by atoms with van der Waals surface area (Å²) in [6.07, 6.45) is 3.83. The van der Waals surface area contributed by atoms with Gasteiger partial charge in [-0.2, -0.15) is 0 Å². The van der Waals surface area contributed by atoms with Gasteiger partial charge >= 0.3 is 6.03 Å². The molecule has 2 fully saturated rings. The molecule has 2 heterocycles. The van der Waals surface area contributed by atoms with Gasteiger partial charge in [0.15, 0.2) is 0 Å². The van der Waals surface area contributed by atoms with E-state index in [1.165, 1.54) is 19.4 Å². The molecule has 2 aromatic rings. The summed E-state index contributed by atoms with van der Waals surface area (Å²) in [6, 6.07) is 8.34. The molecular weight excluding hydrogens is 314 g/mol. The number of likely N-dealkylation sites (tertiary alicyclic amines) is 1. The first-order valence-electron chi connectivity index (χ1n) is 9.37. The summed E-state index contributed by atoms with van der Waals surface area (Å²) in [5, 5.41) is 6.11. The molecule has 0 radical (unpaired) electrons. The average molecular weight is 341 g/mol. The Bertz CT molecular complexity index is 751. The number of nitrogens with zero attached hydrogens (tertiary/aromatic N) is 3. The van der Waals surface area contributed by atoms with Crippen molar-refractivity contribution in [2.75, 3.05) is 26.2 Å². The Morgan fingerprint density at radius 3 is 2.96 bits per heavy atom. The number of rotatable bonds is 6. The minimum atomic E-state index is -0.0552. The Hall–Kier alpha value is -2.08. The van der Waals surface area contributed by atoms with Crippen molar-refractivity contribution in [2.24, 2.45) is 5.92 Å². The standard InChI is InChI=1S/C19H27N5O/c1-14-21-17-4-2-3-5-18(17)24(14)11-9-20-19(25)22-16-8-10-23(13-16)12-15-6-7-15/h2-5,15-16H,6-13H2,1H3,(H2,20,22,25). The number of fused-ring (bicyclic) bond motifs is 1. The molecule has 2 amide bonds. The third-order valence-electron chi connectivity index (χ3n) is 5.29. The number of carbonyl (C=O) groups is 1. The Morgan fingerprint density at radius 1 is 1.28 bits per heavy atom. The van der Waals surface area contributed by atoms with Crippen molar-refractivity contribution in [3.05, 3.63) is 30.1 Å². The highest BCUT2D eigenvalue weighted by atomic mass is 16.2. The van der Waals surface area contributed by atoms with Crippen molar-refractivity contribution < 1.29 is 4.79 Å². The van der Waals surface area contributed by atoms with Crippen LogP contribution in [0.2, 0.25) is 0 Å². The monoisotopic (exact) mass is 341 g/mol. The number of imidazole rings is 1. The van der Waals surface area contributed by atoms with Gasteiger partial charge in [0.25, 0.3) is 0 Å². The summed E-state index contributed by atoms with van der Waals surface area (Å²) in [7, 11) is 0. The summed E-state index contributed by atoms with van der Waals surface area (Å²) >= 11 is 0. The zero-order valence-corrected chi connectivity index (χ0v) is 14.9. The summed E-state index contributed by atoms with van der Waals surface area (Å²) in [4.78, 5) is 19.2. The second kappa shape index (κ2) is 7.04. The van der Waals surface area contributed by atoms with E-state index in [-0.39, 0.29) is 12.1 Å². The number of para-hydroxylation sites is 2. The third kappa shape index (κ3) is 3.95. The van der Waals surface area contributed by atoms with E-state index in [0.29, 0.717) is 6.54 Å². The van der Waals surface area contributed by atoms with Gasteiger partial charge in [0.1, 0.15) is 5.82 Å². The van der Waals surface area contributed by atoms with Gasteiger partial charge in [-0.05, 0) is 44.2 Å². The molecule has 1 saturated carbocycles. The number of aryl methyl sites for hydroxylation is 1. The second-order valence-corrected chi connectivity index (χ2v) is 7.39. The molecule has 1 aromatic carbocycles. The van der Waals surface area contributed by atoms with E-state index >= 15 is 0 Å². The Balaban J connectivity index is 1.23. The van der Waals surface area contributed by atoms with Crippen LogP contribution in [0.25, 0.3) is 11.0 Å². The minimum absolute atomic E-state index is 0.0552. The van der Waals surface area contributed by atoms with Crippen LogP contribution in [-0.2, 0) is 6.54 Å². The molecule has 1 atom stereocenters. The molecule has 6 heteroatoms. The molecule has 1 aromatic heterocycles. The molecule has 0 spiro atoms. The molecule has 1 saturated heterocycles. The first-order valence-corrected chi connectivity index (χ1v) is 9.37. The lowest BCUT2D eigenvalue weighted by Crippen LogP contribution is -2.44. The molecule has 134 valence electrons. The summed E-state index contributed by atoms with van der Waals surface area (Å²) in [5.74, 6) is 1.90. The van der Waals surface area contributed by atoms with Crippen molar-refractivity contribution in [2.45, 2.75) is 38.8 Å². The minimum Gasteiger partial charge on any atom is -0.336 e. The number of urea groups is 1. The van der Waals surface area contributed by atoms with Gasteiger partial charge in [-0.15, -0.1) is 0 Å². The van der Waals surface area contributed by atoms with E-state index in [1.54, 1.807) is 0 Å². The molecule has 2 aliphatic rings. The highest BCUT2D eigenvalue weighted by molar-refractivity contribution is 5.76. The van der Waals surface area contributed by atoms with E-state index in [1.807, 2.05) is 25.1 Å². The normalized spacial score (nSPS) is 20.9. The lowest BCUT2D eigenvalue weighted by molar-refractivity contribution is 0.235. The first-order chi connectivity index (χ1) is 12.2. The number of amides is 2. The molecule has 4 rings (SSSR count). The molecule has 1 aliphatic heterocycles. The largest absolute Gasteiger partial charge is 0.336 e. The van der Waals surface area contributed by atoms with Crippen molar-refractivity contribution in [3.63, 3.8) is 0 Å². The maximum Gasteiger partial charge on any atom is 0.315 e. The second-order valence-electron chi connectivity index (χ2n) is 7.39. The lowest BCUT2D eigenvalue weighted by atomic mass is 10.3. The first kappa shape index (κ1) is 16.4. The number of hydrogen-bond acceptors (Lipinski definition) is 3. The molecule has 6 nitrogen and oxygen atoms in total. The Kier molecular flexibility index (Phi) is 4.61. The molecule has 2 N–H and O–H groups in total. The zero-order chi connectivity index (χ0) is 17.2. The van der Waals surface area contributed by atoms with Crippen molar-refractivity contribution in [3.8, 4) is 0 Å². The summed E-state index contributed by atoms with van der Waals surface area (Å²) in [6.45, 7) is 6.67. The number of hydrogen-bond donors (Lipinski definition) is 2. The molecule has 1 aliphatic carbocycles. The van der Waals surface area contributed by atoms with E-state index in [2.05, 4.69) is 31.2 Å². The number of aromatic nitrogens is 2. The van der Waals surface area contributed by atoms with E-state index in [9.17, 15) is 4.79 Å². The molecule has 25 heavy (non-hydrogen) atoms. The summed E-state index contributed by atoms with van der Waals surface area (Å²) in [5.41, 5.74) is 2.12. The maximum absolute atomic E-state index is 12.2. The van der Waals surface area contributed by atoms with E-state index < -0.39 is 0 Å². The van der Waals surface area contributed by atoms with Gasteiger partial charge in [-0.25, -0.2) is 9.78 Å². The highest BCUT2D eigenvalue weighted by Crippen LogP contribution is 2.30. The van der Waals surface area contributed by atoms with Crippen LogP contribution in [0.5, 0.6) is 0 Å². The van der Waals surface area contributed by atoms with Gasteiger partial charge in [0.05, 0.1) is 11.0 Å². The van der Waals surface area contributed by atoms with Gasteiger partial charge in [-0.1, -0.05) is 12.1 Å². The van der Waals surface area contributed by atoms with Crippen LogP contribution >= 0.6 is 0 Å². The highest BCUT2D eigenvalue weighted by Gasteiger charge is 2.29. The van der Waals surface area contributed by atoms with Crippen molar-refractivity contribution in [1.82, 2.24) is 25.1 Å². The Labute approximate surface area is 148 Å². The van der Waals surface area contributed by atoms with Gasteiger partial charge in [-0.3, -0.25) is 0 Å². The van der Waals surface area contributed by atoms with Crippen LogP contribution in [0, 0.1) is 12.8 Å². The fourth-order valence-corrected chi connectivity index (χ4v) is 3.78. The molecule has 0 bridgehead atoms. The SMILES string of the molecule is Cc1nc2ccccc2n1CCNC(=O)NC1CCN(CC2CC2)C1. The number of benzene rings is 1. The fourth-order valence-electron chi connectivity index (χ4n) is 3.78. The average Bonchev–Trinajstić information content (AvgIpc) is 3.21. The van der Waals surface area contributed by atoms with Crippen molar-refractivity contribution in [1.29, 1.82) is 0 Å². The number of nitrogens with one attached hydrogen (secondary N) is 2. The quantitative estimate of drug-likeness (QED) is 0.846.